The lowest BCUT2D eigenvalue weighted by Gasteiger charge is -2.19. The average Bonchev–Trinajstić information content (AvgIpc) is 3.26. The van der Waals surface area contributed by atoms with E-state index in [1.165, 1.54) is 17.5 Å². The highest BCUT2D eigenvalue weighted by molar-refractivity contribution is 5.77. The molecule has 0 spiro atoms. The number of ether oxygens (including phenoxy) is 2. The molecule has 1 aromatic heterocycles. The van der Waals surface area contributed by atoms with Crippen molar-refractivity contribution < 1.29 is 18.8 Å². The molecule has 0 aliphatic heterocycles. The van der Waals surface area contributed by atoms with Crippen LogP contribution in [0.4, 0.5) is 0 Å². The largest absolute Gasteiger partial charge is 0.494 e. The predicted molar refractivity (Wildman–Crippen MR) is 111 cm³/mol. The summed E-state index contributed by atoms with van der Waals surface area (Å²) in [6, 6.07) is 13.5. The van der Waals surface area contributed by atoms with Gasteiger partial charge in [-0.25, -0.2) is 0 Å². The highest BCUT2D eigenvalue weighted by atomic mass is 16.5. The lowest BCUT2D eigenvalue weighted by atomic mass is 9.91. The van der Waals surface area contributed by atoms with E-state index >= 15 is 0 Å². The van der Waals surface area contributed by atoms with E-state index in [0.29, 0.717) is 18.3 Å². The molecule has 1 aliphatic rings. The van der Waals surface area contributed by atoms with Crippen molar-refractivity contribution in [3.8, 4) is 22.9 Å². The first-order valence-electron chi connectivity index (χ1n) is 10.3. The molecule has 1 heterocycles. The summed E-state index contributed by atoms with van der Waals surface area (Å²) in [5.41, 5.74) is 3.37. The number of hydrogen-bond acceptors (Lipinski definition) is 6. The van der Waals surface area contributed by atoms with Gasteiger partial charge in [-0.2, -0.15) is 4.98 Å². The summed E-state index contributed by atoms with van der Waals surface area (Å²) in [6.45, 7) is 2.66. The number of aryl methyl sites for hydroxylation is 1. The Morgan fingerprint density at radius 1 is 1.10 bits per heavy atom. The molecule has 0 fully saturated rings. The smallest absolute Gasteiger partial charge is 0.258 e. The summed E-state index contributed by atoms with van der Waals surface area (Å²) in [5.74, 6) is 2.16. The quantitative estimate of drug-likeness (QED) is 0.613. The average molecular weight is 407 g/mol. The fraction of sp³-hybridized carbons (Fsp3) is 0.348. The molecule has 4 rings (SSSR count). The number of benzene rings is 2. The fourth-order valence-electron chi connectivity index (χ4n) is 3.56. The van der Waals surface area contributed by atoms with Crippen LogP contribution in [0, 0.1) is 0 Å². The number of hydrogen-bond donors (Lipinski definition) is 1. The van der Waals surface area contributed by atoms with Crippen molar-refractivity contribution in [2.45, 2.75) is 39.2 Å². The molecule has 0 unspecified atom stereocenters. The van der Waals surface area contributed by atoms with Gasteiger partial charge in [0.2, 0.25) is 11.7 Å². The standard InChI is InChI=1S/C23H25N3O4/c1-2-28-18-12-10-17(11-13-18)23-25-22(30-26-23)14-24-21(27)15-29-20-9-5-7-16-6-3-4-8-19(16)20/h5,7,9-13H,2-4,6,8,14-15H2,1H3,(H,24,27). The van der Waals surface area contributed by atoms with Gasteiger partial charge in [0.25, 0.3) is 5.91 Å². The summed E-state index contributed by atoms with van der Waals surface area (Å²) in [4.78, 5) is 16.5. The Morgan fingerprint density at radius 3 is 2.77 bits per heavy atom. The highest BCUT2D eigenvalue weighted by Gasteiger charge is 2.15. The zero-order valence-corrected chi connectivity index (χ0v) is 17.0. The van der Waals surface area contributed by atoms with Gasteiger partial charge in [0.05, 0.1) is 13.2 Å². The fourth-order valence-corrected chi connectivity index (χ4v) is 3.56. The molecule has 0 saturated heterocycles. The van der Waals surface area contributed by atoms with Gasteiger partial charge in [0, 0.05) is 5.56 Å². The minimum absolute atomic E-state index is 0.0453. The van der Waals surface area contributed by atoms with Gasteiger partial charge in [-0.1, -0.05) is 17.3 Å². The van der Waals surface area contributed by atoms with Crippen LogP contribution < -0.4 is 14.8 Å². The number of rotatable bonds is 8. The third-order valence-corrected chi connectivity index (χ3v) is 5.04. The summed E-state index contributed by atoms with van der Waals surface area (Å²) < 4.78 is 16.4. The van der Waals surface area contributed by atoms with E-state index in [1.54, 1.807) is 0 Å². The molecule has 7 nitrogen and oxygen atoms in total. The van der Waals surface area contributed by atoms with E-state index in [1.807, 2.05) is 43.3 Å². The first kappa shape index (κ1) is 19.9. The van der Waals surface area contributed by atoms with Gasteiger partial charge >= 0.3 is 0 Å². The molecule has 0 bridgehead atoms. The molecule has 0 atom stereocenters. The Bertz CT molecular complexity index is 998. The van der Waals surface area contributed by atoms with E-state index in [-0.39, 0.29) is 19.1 Å². The normalized spacial score (nSPS) is 12.8. The second-order valence-electron chi connectivity index (χ2n) is 7.14. The second kappa shape index (κ2) is 9.43. The Kier molecular flexibility index (Phi) is 6.27. The third kappa shape index (κ3) is 4.79. The molecule has 156 valence electrons. The first-order chi connectivity index (χ1) is 14.7. The van der Waals surface area contributed by atoms with Crippen LogP contribution in [0.2, 0.25) is 0 Å². The van der Waals surface area contributed by atoms with Crippen molar-refractivity contribution >= 4 is 5.91 Å². The lowest BCUT2D eigenvalue weighted by Crippen LogP contribution is -2.28. The van der Waals surface area contributed by atoms with Gasteiger partial charge in [-0.3, -0.25) is 4.79 Å². The van der Waals surface area contributed by atoms with Crippen molar-refractivity contribution in [2.75, 3.05) is 13.2 Å². The molecule has 1 aliphatic carbocycles. The van der Waals surface area contributed by atoms with Crippen LogP contribution in [0.1, 0.15) is 36.8 Å². The van der Waals surface area contributed by atoms with E-state index in [0.717, 1.165) is 36.3 Å². The minimum Gasteiger partial charge on any atom is -0.494 e. The maximum absolute atomic E-state index is 12.2. The zero-order valence-electron chi connectivity index (χ0n) is 17.0. The van der Waals surface area contributed by atoms with Crippen LogP contribution in [0.5, 0.6) is 11.5 Å². The number of nitrogens with one attached hydrogen (secondary N) is 1. The minimum atomic E-state index is -0.232. The molecule has 3 aromatic rings. The van der Waals surface area contributed by atoms with Crippen LogP contribution in [-0.4, -0.2) is 29.3 Å². The SMILES string of the molecule is CCOc1ccc(-c2noc(CNC(=O)COc3cccc4c3CCCC4)n2)cc1. The summed E-state index contributed by atoms with van der Waals surface area (Å²) in [7, 11) is 0. The molecule has 0 saturated carbocycles. The summed E-state index contributed by atoms with van der Waals surface area (Å²) >= 11 is 0. The van der Waals surface area contributed by atoms with Crippen LogP contribution in [-0.2, 0) is 24.2 Å². The van der Waals surface area contributed by atoms with E-state index in [9.17, 15) is 4.79 Å². The topological polar surface area (TPSA) is 86.5 Å². The van der Waals surface area contributed by atoms with Crippen molar-refractivity contribution in [3.63, 3.8) is 0 Å². The lowest BCUT2D eigenvalue weighted by molar-refractivity contribution is -0.123. The molecular formula is C23H25N3O4. The number of carbonyl (C=O) groups excluding carboxylic acids is 1. The maximum atomic E-state index is 12.2. The number of carbonyl (C=O) groups is 1. The number of aromatic nitrogens is 2. The van der Waals surface area contributed by atoms with E-state index in [4.69, 9.17) is 14.0 Å². The van der Waals surface area contributed by atoms with Gasteiger partial charge < -0.3 is 19.3 Å². The Balaban J connectivity index is 1.29. The van der Waals surface area contributed by atoms with Crippen molar-refractivity contribution in [2.24, 2.45) is 0 Å². The molecule has 1 N–H and O–H groups in total. The van der Waals surface area contributed by atoms with E-state index in [2.05, 4.69) is 21.5 Å². The summed E-state index contributed by atoms with van der Waals surface area (Å²) in [5, 5.41) is 6.73. The van der Waals surface area contributed by atoms with Crippen LogP contribution in [0.15, 0.2) is 47.0 Å². The third-order valence-electron chi connectivity index (χ3n) is 5.04. The van der Waals surface area contributed by atoms with Gasteiger partial charge in [0.15, 0.2) is 6.61 Å². The van der Waals surface area contributed by atoms with Crippen molar-refractivity contribution in [3.05, 3.63) is 59.5 Å². The maximum Gasteiger partial charge on any atom is 0.258 e. The molecule has 2 aromatic carbocycles. The van der Waals surface area contributed by atoms with Gasteiger partial charge in [0.1, 0.15) is 11.5 Å². The predicted octanol–water partition coefficient (Wildman–Crippen LogP) is 3.71. The van der Waals surface area contributed by atoms with Crippen molar-refractivity contribution in [1.29, 1.82) is 0 Å². The number of amides is 1. The Hall–Kier alpha value is -3.35. The van der Waals surface area contributed by atoms with E-state index < -0.39 is 0 Å². The monoisotopic (exact) mass is 407 g/mol. The Labute approximate surface area is 175 Å². The highest BCUT2D eigenvalue weighted by Crippen LogP contribution is 2.29. The molecule has 7 heteroatoms. The molecule has 0 radical (unpaired) electrons. The van der Waals surface area contributed by atoms with Crippen molar-refractivity contribution in [1.82, 2.24) is 15.5 Å². The zero-order chi connectivity index (χ0) is 20.8. The van der Waals surface area contributed by atoms with Gasteiger partial charge in [-0.05, 0) is 74.1 Å². The molecule has 1 amide bonds. The van der Waals surface area contributed by atoms with Crippen LogP contribution in [0.25, 0.3) is 11.4 Å². The number of nitrogens with zero attached hydrogens (tertiary/aromatic N) is 2. The van der Waals surface area contributed by atoms with Gasteiger partial charge in [-0.15, -0.1) is 0 Å². The van der Waals surface area contributed by atoms with Crippen LogP contribution in [0.3, 0.4) is 0 Å². The number of fused-ring (bicyclic) bond motifs is 1. The summed E-state index contributed by atoms with van der Waals surface area (Å²) in [6.07, 6.45) is 4.45. The Morgan fingerprint density at radius 2 is 1.93 bits per heavy atom. The molecular weight excluding hydrogens is 382 g/mol. The first-order valence-corrected chi connectivity index (χ1v) is 10.3. The molecule has 30 heavy (non-hydrogen) atoms. The van der Waals surface area contributed by atoms with Crippen LogP contribution >= 0.6 is 0 Å². The second-order valence-corrected chi connectivity index (χ2v) is 7.14.